The fraction of sp³-hybridized carbons (Fsp3) is 0.462. The van der Waals surface area contributed by atoms with Crippen LogP contribution in [0.1, 0.15) is 73.0 Å². The summed E-state index contributed by atoms with van der Waals surface area (Å²) < 4.78 is 0. The number of hydrogen-bond acceptors (Lipinski definition) is 4. The van der Waals surface area contributed by atoms with E-state index in [-0.39, 0.29) is 41.7 Å². The van der Waals surface area contributed by atoms with Gasteiger partial charge in [-0.2, -0.15) is 0 Å². The summed E-state index contributed by atoms with van der Waals surface area (Å²) in [6.07, 6.45) is 2.34. The van der Waals surface area contributed by atoms with Crippen molar-refractivity contribution in [1.82, 2.24) is 20.5 Å². The second-order valence-corrected chi connectivity index (χ2v) is 9.02. The van der Waals surface area contributed by atoms with Crippen molar-refractivity contribution in [2.45, 2.75) is 51.4 Å². The third kappa shape index (κ3) is 7.04. The minimum absolute atomic E-state index is 0.0115. The highest BCUT2D eigenvalue weighted by Gasteiger charge is 2.23. The number of amides is 3. The SMILES string of the molecule is CC(C)c1[nH]c(=O)ccc1C(=O)N1CCCNC(=O)CCC(c2ccccc2)CCNC(=O)C1. The molecule has 0 aliphatic carbocycles. The first-order valence-electron chi connectivity index (χ1n) is 12.0. The van der Waals surface area contributed by atoms with Gasteiger partial charge in [0, 0.05) is 37.8 Å². The Labute approximate surface area is 200 Å². The van der Waals surface area contributed by atoms with Gasteiger partial charge in [-0.25, -0.2) is 0 Å². The summed E-state index contributed by atoms with van der Waals surface area (Å²) in [5, 5.41) is 5.87. The molecule has 0 saturated carbocycles. The maximum absolute atomic E-state index is 13.4. The first-order chi connectivity index (χ1) is 16.3. The van der Waals surface area contributed by atoms with Gasteiger partial charge in [-0.15, -0.1) is 0 Å². The predicted molar refractivity (Wildman–Crippen MR) is 131 cm³/mol. The topological polar surface area (TPSA) is 111 Å². The lowest BCUT2D eigenvalue weighted by Gasteiger charge is -2.25. The van der Waals surface area contributed by atoms with E-state index in [2.05, 4.69) is 15.6 Å². The van der Waals surface area contributed by atoms with Crippen molar-refractivity contribution in [2.24, 2.45) is 0 Å². The molecule has 3 N–H and O–H groups in total. The first kappa shape index (κ1) is 25.2. The van der Waals surface area contributed by atoms with Gasteiger partial charge < -0.3 is 20.5 Å². The third-order valence-electron chi connectivity index (χ3n) is 6.11. The maximum atomic E-state index is 13.4. The Morgan fingerprint density at radius 2 is 1.68 bits per heavy atom. The van der Waals surface area contributed by atoms with Crippen LogP contribution in [0.15, 0.2) is 47.3 Å². The fourth-order valence-electron chi connectivity index (χ4n) is 4.26. The van der Waals surface area contributed by atoms with Crippen molar-refractivity contribution in [3.05, 3.63) is 69.6 Å². The van der Waals surface area contributed by atoms with Gasteiger partial charge in [0.05, 0.1) is 12.1 Å². The van der Waals surface area contributed by atoms with E-state index in [4.69, 9.17) is 0 Å². The van der Waals surface area contributed by atoms with Crippen LogP contribution in [0, 0.1) is 0 Å². The smallest absolute Gasteiger partial charge is 0.256 e. The molecule has 8 heteroatoms. The molecule has 3 amide bonds. The molecule has 8 nitrogen and oxygen atoms in total. The number of benzene rings is 1. The summed E-state index contributed by atoms with van der Waals surface area (Å²) in [4.78, 5) is 54.5. The molecule has 0 bridgehead atoms. The molecule has 34 heavy (non-hydrogen) atoms. The second-order valence-electron chi connectivity index (χ2n) is 9.02. The summed E-state index contributed by atoms with van der Waals surface area (Å²) in [5.74, 6) is -0.451. The van der Waals surface area contributed by atoms with E-state index in [1.54, 1.807) is 0 Å². The Morgan fingerprint density at radius 1 is 0.941 bits per heavy atom. The van der Waals surface area contributed by atoms with Crippen molar-refractivity contribution < 1.29 is 14.4 Å². The number of hydrogen-bond donors (Lipinski definition) is 3. The molecule has 3 rings (SSSR count). The molecular weight excluding hydrogens is 432 g/mol. The number of rotatable bonds is 3. The van der Waals surface area contributed by atoms with Crippen LogP contribution in [0.25, 0.3) is 0 Å². The number of carbonyl (C=O) groups excluding carboxylic acids is 3. The summed E-state index contributed by atoms with van der Waals surface area (Å²) in [6.45, 7) is 4.91. The summed E-state index contributed by atoms with van der Waals surface area (Å²) in [7, 11) is 0. The molecule has 2 aromatic rings. The van der Waals surface area contributed by atoms with E-state index in [0.717, 1.165) is 5.56 Å². The lowest BCUT2D eigenvalue weighted by molar-refractivity contribution is -0.123. The third-order valence-corrected chi connectivity index (χ3v) is 6.11. The van der Waals surface area contributed by atoms with Crippen molar-refractivity contribution in [3.8, 4) is 0 Å². The van der Waals surface area contributed by atoms with Gasteiger partial charge >= 0.3 is 0 Å². The minimum atomic E-state index is -0.310. The van der Waals surface area contributed by atoms with Crippen LogP contribution < -0.4 is 16.2 Å². The van der Waals surface area contributed by atoms with Gasteiger partial charge in [-0.05, 0) is 42.7 Å². The average molecular weight is 467 g/mol. The normalized spacial score (nSPS) is 18.7. The zero-order valence-electron chi connectivity index (χ0n) is 19.9. The van der Waals surface area contributed by atoms with Gasteiger partial charge in [-0.1, -0.05) is 44.2 Å². The van der Waals surface area contributed by atoms with Crippen LogP contribution >= 0.6 is 0 Å². The van der Waals surface area contributed by atoms with E-state index in [9.17, 15) is 19.2 Å². The van der Waals surface area contributed by atoms with Crippen molar-refractivity contribution >= 4 is 17.7 Å². The summed E-state index contributed by atoms with van der Waals surface area (Å²) in [5.41, 5.74) is 1.82. The molecule has 182 valence electrons. The van der Waals surface area contributed by atoms with Crippen LogP contribution in [0.5, 0.6) is 0 Å². The highest BCUT2D eigenvalue weighted by molar-refractivity contribution is 5.97. The largest absolute Gasteiger partial charge is 0.356 e. The van der Waals surface area contributed by atoms with Gasteiger partial charge in [0.25, 0.3) is 5.91 Å². The molecule has 1 aromatic carbocycles. The molecule has 1 aromatic heterocycles. The number of nitrogens with one attached hydrogen (secondary N) is 3. The molecule has 1 fully saturated rings. The molecule has 0 radical (unpaired) electrons. The molecule has 1 unspecified atom stereocenters. The Balaban J connectivity index is 1.76. The Hall–Kier alpha value is -3.42. The lowest BCUT2D eigenvalue weighted by atomic mass is 9.91. The molecule has 0 spiro atoms. The number of aromatic nitrogens is 1. The van der Waals surface area contributed by atoms with E-state index < -0.39 is 0 Å². The first-order valence-corrected chi connectivity index (χ1v) is 12.0. The van der Waals surface area contributed by atoms with Crippen LogP contribution in [-0.2, 0) is 9.59 Å². The predicted octanol–water partition coefficient (Wildman–Crippen LogP) is 2.53. The van der Waals surface area contributed by atoms with Crippen LogP contribution in [0.3, 0.4) is 0 Å². The monoisotopic (exact) mass is 466 g/mol. The van der Waals surface area contributed by atoms with Crippen LogP contribution in [0.4, 0.5) is 0 Å². The lowest BCUT2D eigenvalue weighted by Crippen LogP contribution is -2.43. The number of H-pyrrole nitrogens is 1. The quantitative estimate of drug-likeness (QED) is 0.645. The Bertz CT molecular complexity index is 1050. The van der Waals surface area contributed by atoms with E-state index in [1.165, 1.54) is 17.0 Å². The number of carbonyl (C=O) groups is 3. The van der Waals surface area contributed by atoms with Gasteiger partial charge in [0.1, 0.15) is 0 Å². The zero-order valence-corrected chi connectivity index (χ0v) is 19.9. The number of nitrogens with zero attached hydrogens (tertiary/aromatic N) is 1. The van der Waals surface area contributed by atoms with Crippen molar-refractivity contribution in [2.75, 3.05) is 26.2 Å². The Kier molecular flexibility index (Phi) is 9.01. The molecule has 1 saturated heterocycles. The molecular formula is C26H34N4O4. The molecule has 2 heterocycles. The molecule has 1 aliphatic rings. The van der Waals surface area contributed by atoms with Gasteiger partial charge in [0.2, 0.25) is 17.4 Å². The molecule has 1 atom stereocenters. The Morgan fingerprint density at radius 3 is 2.41 bits per heavy atom. The van der Waals surface area contributed by atoms with Crippen molar-refractivity contribution in [3.63, 3.8) is 0 Å². The fourth-order valence-corrected chi connectivity index (χ4v) is 4.26. The van der Waals surface area contributed by atoms with Crippen LogP contribution in [-0.4, -0.2) is 53.8 Å². The van der Waals surface area contributed by atoms with Crippen LogP contribution in [0.2, 0.25) is 0 Å². The van der Waals surface area contributed by atoms with E-state index in [1.807, 2.05) is 44.2 Å². The minimum Gasteiger partial charge on any atom is -0.356 e. The maximum Gasteiger partial charge on any atom is 0.256 e. The highest BCUT2D eigenvalue weighted by Crippen LogP contribution is 2.24. The standard InChI is InChI=1S/C26H34N4O4/c1-18(2)25-21(10-12-23(32)29-25)26(34)30-16-6-14-27-22(31)11-9-20(13-15-28-24(33)17-30)19-7-4-3-5-8-19/h3-5,7-8,10,12,18,20H,6,9,11,13-17H2,1-2H3,(H,27,31)(H,28,33)(H,29,32). The van der Waals surface area contributed by atoms with E-state index >= 15 is 0 Å². The zero-order chi connectivity index (χ0) is 24.5. The number of aromatic amines is 1. The van der Waals surface area contributed by atoms with Crippen molar-refractivity contribution in [1.29, 1.82) is 0 Å². The van der Waals surface area contributed by atoms with Gasteiger partial charge in [0.15, 0.2) is 0 Å². The van der Waals surface area contributed by atoms with E-state index in [0.29, 0.717) is 56.6 Å². The summed E-state index contributed by atoms with van der Waals surface area (Å²) in [6, 6.07) is 12.9. The molecule has 1 aliphatic heterocycles. The number of pyridine rings is 1. The second kappa shape index (κ2) is 12.2. The highest BCUT2D eigenvalue weighted by atomic mass is 16.2. The average Bonchev–Trinajstić information content (AvgIpc) is 2.82. The van der Waals surface area contributed by atoms with Gasteiger partial charge in [-0.3, -0.25) is 19.2 Å². The summed E-state index contributed by atoms with van der Waals surface area (Å²) >= 11 is 0.